The molecule has 0 saturated heterocycles. The highest BCUT2D eigenvalue weighted by Gasteiger charge is 2.11. The molecule has 1 amide bonds. The molecule has 0 saturated carbocycles. The molecule has 1 aromatic carbocycles. The number of benzene rings is 1. The first-order chi connectivity index (χ1) is 12.1. The summed E-state index contributed by atoms with van der Waals surface area (Å²) in [6.45, 7) is 2.16. The second kappa shape index (κ2) is 7.44. The fourth-order valence-electron chi connectivity index (χ4n) is 2.25. The van der Waals surface area contributed by atoms with Gasteiger partial charge in [-0.15, -0.1) is 0 Å². The molecule has 0 fully saturated rings. The number of ether oxygens (including phenoxy) is 1. The molecule has 2 aromatic heterocycles. The van der Waals surface area contributed by atoms with Crippen molar-refractivity contribution in [3.05, 3.63) is 77.9 Å². The molecule has 0 aliphatic heterocycles. The zero-order valence-electron chi connectivity index (χ0n) is 13.8. The second-order valence-electron chi connectivity index (χ2n) is 5.49. The molecule has 0 bridgehead atoms. The Balaban J connectivity index is 1.62. The molecule has 6 heteroatoms. The molecule has 25 heavy (non-hydrogen) atoms. The van der Waals surface area contributed by atoms with Crippen LogP contribution in [0.2, 0.25) is 0 Å². The van der Waals surface area contributed by atoms with Gasteiger partial charge in [0.1, 0.15) is 12.4 Å². The van der Waals surface area contributed by atoms with E-state index in [0.717, 1.165) is 5.69 Å². The number of hydrogen-bond donors (Lipinski definition) is 2. The molecule has 0 unspecified atom stereocenters. The van der Waals surface area contributed by atoms with Gasteiger partial charge in [0.05, 0.1) is 28.8 Å². The molecule has 0 spiro atoms. The number of nitrogens with two attached hydrogens (primary N) is 1. The van der Waals surface area contributed by atoms with Gasteiger partial charge in [0.15, 0.2) is 0 Å². The number of nitrogens with one attached hydrogen (secondary N) is 1. The van der Waals surface area contributed by atoms with Crippen LogP contribution < -0.4 is 15.8 Å². The van der Waals surface area contributed by atoms with Crippen molar-refractivity contribution in [1.82, 2.24) is 9.97 Å². The zero-order chi connectivity index (χ0) is 17.6. The molecule has 3 N–H and O–H groups in total. The average molecular weight is 334 g/mol. The van der Waals surface area contributed by atoms with Crippen LogP contribution in [0.3, 0.4) is 0 Å². The molecule has 126 valence electrons. The Labute approximate surface area is 145 Å². The predicted octanol–water partition coefficient (Wildman–Crippen LogP) is 3.20. The van der Waals surface area contributed by atoms with E-state index in [1.807, 2.05) is 18.2 Å². The van der Waals surface area contributed by atoms with E-state index >= 15 is 0 Å². The van der Waals surface area contributed by atoms with Crippen LogP contribution >= 0.6 is 0 Å². The molecule has 6 nitrogen and oxygen atoms in total. The van der Waals surface area contributed by atoms with E-state index in [1.165, 1.54) is 6.20 Å². The molecule has 0 aliphatic rings. The van der Waals surface area contributed by atoms with E-state index in [9.17, 15) is 4.79 Å². The standard InChI is InChI=1S/C19H18N4O2/c1-13-18(10-14(20)11-22-13)19(24)23-15-5-7-17(8-6-15)25-12-16-4-2-3-9-21-16/h2-11H,12,20H2,1H3,(H,23,24). The van der Waals surface area contributed by atoms with Crippen LogP contribution in [0.1, 0.15) is 21.7 Å². The Kier molecular flexibility index (Phi) is 4.89. The van der Waals surface area contributed by atoms with E-state index in [-0.39, 0.29) is 5.91 Å². The largest absolute Gasteiger partial charge is 0.487 e. The second-order valence-corrected chi connectivity index (χ2v) is 5.49. The molecule has 0 radical (unpaired) electrons. The van der Waals surface area contributed by atoms with Gasteiger partial charge in [-0.2, -0.15) is 0 Å². The lowest BCUT2D eigenvalue weighted by atomic mass is 10.1. The molecule has 3 aromatic rings. The minimum atomic E-state index is -0.251. The lowest BCUT2D eigenvalue weighted by Crippen LogP contribution is -2.14. The summed E-state index contributed by atoms with van der Waals surface area (Å²) in [6, 6.07) is 14.4. The van der Waals surface area contributed by atoms with Crippen LogP contribution in [0.25, 0.3) is 0 Å². The van der Waals surface area contributed by atoms with Crippen LogP contribution in [0, 0.1) is 6.92 Å². The fourth-order valence-corrected chi connectivity index (χ4v) is 2.25. The summed E-state index contributed by atoms with van der Waals surface area (Å²) in [7, 11) is 0. The molecule has 0 atom stereocenters. The number of anilines is 2. The van der Waals surface area contributed by atoms with Gasteiger partial charge in [0, 0.05) is 11.9 Å². The highest BCUT2D eigenvalue weighted by Crippen LogP contribution is 2.18. The Hall–Kier alpha value is -3.41. The number of aromatic nitrogens is 2. The van der Waals surface area contributed by atoms with Crippen LogP contribution in [-0.2, 0) is 6.61 Å². The summed E-state index contributed by atoms with van der Waals surface area (Å²) < 4.78 is 5.67. The van der Waals surface area contributed by atoms with Gasteiger partial charge in [-0.25, -0.2) is 0 Å². The number of rotatable bonds is 5. The summed E-state index contributed by atoms with van der Waals surface area (Å²) in [6.07, 6.45) is 3.25. The van der Waals surface area contributed by atoms with E-state index in [4.69, 9.17) is 10.5 Å². The third-order valence-electron chi connectivity index (χ3n) is 3.58. The number of aryl methyl sites for hydroxylation is 1. The van der Waals surface area contributed by atoms with Gasteiger partial charge >= 0.3 is 0 Å². The van der Waals surface area contributed by atoms with Crippen molar-refractivity contribution in [3.8, 4) is 5.75 Å². The van der Waals surface area contributed by atoms with Gasteiger partial charge < -0.3 is 15.8 Å². The van der Waals surface area contributed by atoms with Gasteiger partial charge in [-0.3, -0.25) is 14.8 Å². The van der Waals surface area contributed by atoms with Crippen molar-refractivity contribution in [3.63, 3.8) is 0 Å². The van der Waals surface area contributed by atoms with Crippen LogP contribution in [0.5, 0.6) is 5.75 Å². The number of nitrogens with zero attached hydrogens (tertiary/aromatic N) is 2. The predicted molar refractivity (Wildman–Crippen MR) is 96.4 cm³/mol. The number of carbonyl (C=O) groups is 1. The lowest BCUT2D eigenvalue weighted by molar-refractivity contribution is 0.102. The van der Waals surface area contributed by atoms with Crippen LogP contribution in [0.15, 0.2) is 60.9 Å². The zero-order valence-corrected chi connectivity index (χ0v) is 13.8. The van der Waals surface area contributed by atoms with E-state index in [0.29, 0.717) is 35.0 Å². The van der Waals surface area contributed by atoms with Crippen molar-refractivity contribution in [2.45, 2.75) is 13.5 Å². The number of hydrogen-bond acceptors (Lipinski definition) is 5. The number of amides is 1. The van der Waals surface area contributed by atoms with Crippen molar-refractivity contribution in [2.75, 3.05) is 11.1 Å². The van der Waals surface area contributed by atoms with Gasteiger partial charge in [-0.05, 0) is 49.4 Å². The smallest absolute Gasteiger partial charge is 0.257 e. The summed E-state index contributed by atoms with van der Waals surface area (Å²) >= 11 is 0. The van der Waals surface area contributed by atoms with Gasteiger partial charge in [-0.1, -0.05) is 6.07 Å². The topological polar surface area (TPSA) is 90.1 Å². The minimum Gasteiger partial charge on any atom is -0.487 e. The maximum atomic E-state index is 12.3. The van der Waals surface area contributed by atoms with Gasteiger partial charge in [0.25, 0.3) is 5.91 Å². The first kappa shape index (κ1) is 16.4. The van der Waals surface area contributed by atoms with Crippen molar-refractivity contribution < 1.29 is 9.53 Å². The van der Waals surface area contributed by atoms with Gasteiger partial charge in [0.2, 0.25) is 0 Å². The molecule has 0 aliphatic carbocycles. The monoisotopic (exact) mass is 334 g/mol. The number of nitrogen functional groups attached to an aromatic ring is 1. The Morgan fingerprint density at radius 3 is 2.68 bits per heavy atom. The van der Waals surface area contributed by atoms with Crippen LogP contribution in [0.4, 0.5) is 11.4 Å². The summed E-state index contributed by atoms with van der Waals surface area (Å²) in [5.74, 6) is 0.449. The molecule has 2 heterocycles. The maximum Gasteiger partial charge on any atom is 0.257 e. The number of pyridine rings is 2. The van der Waals surface area contributed by atoms with E-state index in [1.54, 1.807) is 43.5 Å². The first-order valence-corrected chi connectivity index (χ1v) is 7.78. The van der Waals surface area contributed by atoms with Crippen molar-refractivity contribution in [2.24, 2.45) is 0 Å². The summed E-state index contributed by atoms with van der Waals surface area (Å²) in [5, 5.41) is 2.82. The molecule has 3 rings (SSSR count). The van der Waals surface area contributed by atoms with Crippen LogP contribution in [-0.4, -0.2) is 15.9 Å². The summed E-state index contributed by atoms with van der Waals surface area (Å²) in [5.41, 5.74) is 8.74. The fraction of sp³-hybridized carbons (Fsp3) is 0.105. The molecular weight excluding hydrogens is 316 g/mol. The average Bonchev–Trinajstić information content (AvgIpc) is 2.64. The van der Waals surface area contributed by atoms with E-state index < -0.39 is 0 Å². The van der Waals surface area contributed by atoms with Crippen molar-refractivity contribution >= 4 is 17.3 Å². The minimum absolute atomic E-state index is 0.251. The first-order valence-electron chi connectivity index (χ1n) is 7.78. The molecular formula is C19H18N4O2. The third kappa shape index (κ3) is 4.32. The number of carbonyl (C=O) groups excluding carboxylic acids is 1. The SMILES string of the molecule is Cc1ncc(N)cc1C(=O)Nc1ccc(OCc2ccccn2)cc1. The van der Waals surface area contributed by atoms with Crippen molar-refractivity contribution in [1.29, 1.82) is 0 Å². The maximum absolute atomic E-state index is 12.3. The third-order valence-corrected chi connectivity index (χ3v) is 3.58. The highest BCUT2D eigenvalue weighted by atomic mass is 16.5. The Bertz CT molecular complexity index is 864. The lowest BCUT2D eigenvalue weighted by Gasteiger charge is -2.09. The summed E-state index contributed by atoms with van der Waals surface area (Å²) in [4.78, 5) is 20.6. The van der Waals surface area contributed by atoms with E-state index in [2.05, 4.69) is 15.3 Å². The highest BCUT2D eigenvalue weighted by molar-refractivity contribution is 6.05. The Morgan fingerprint density at radius 2 is 1.96 bits per heavy atom. The normalized spacial score (nSPS) is 10.3. The quantitative estimate of drug-likeness (QED) is 0.748. The Morgan fingerprint density at radius 1 is 1.16 bits per heavy atom.